The van der Waals surface area contributed by atoms with Gasteiger partial charge < -0.3 is 24.4 Å². The van der Waals surface area contributed by atoms with E-state index < -0.39 is 0 Å². The average Bonchev–Trinajstić information content (AvgIpc) is 3.08. The lowest BCUT2D eigenvalue weighted by Crippen LogP contribution is -2.38. The lowest BCUT2D eigenvalue weighted by Gasteiger charge is -2.30. The number of amides is 1. The maximum atomic E-state index is 12.1. The van der Waals surface area contributed by atoms with Gasteiger partial charge in [-0.15, -0.1) is 0 Å². The van der Waals surface area contributed by atoms with Crippen LogP contribution in [0.2, 0.25) is 0 Å². The Bertz CT molecular complexity index is 626. The molecule has 0 bridgehead atoms. The SMILES string of the molecule is CCOC(=O)C1CCN(CCC(=O)Nc2ccc3c(c2)OCO3)CC1. The Kier molecular flexibility index (Phi) is 5.75. The van der Waals surface area contributed by atoms with E-state index in [-0.39, 0.29) is 24.6 Å². The number of carbonyl (C=O) groups excluding carboxylic acids is 2. The monoisotopic (exact) mass is 348 g/mol. The van der Waals surface area contributed by atoms with E-state index in [4.69, 9.17) is 14.2 Å². The van der Waals surface area contributed by atoms with Crippen LogP contribution < -0.4 is 14.8 Å². The molecule has 2 aliphatic heterocycles. The topological polar surface area (TPSA) is 77.1 Å². The molecule has 0 radical (unpaired) electrons. The van der Waals surface area contributed by atoms with Crippen molar-refractivity contribution in [2.75, 3.05) is 38.4 Å². The Labute approximate surface area is 147 Å². The lowest BCUT2D eigenvalue weighted by molar-refractivity contribution is -0.149. The van der Waals surface area contributed by atoms with E-state index in [2.05, 4.69) is 10.2 Å². The molecule has 136 valence electrons. The summed E-state index contributed by atoms with van der Waals surface area (Å²) < 4.78 is 15.6. The Balaban J connectivity index is 1.39. The number of esters is 1. The molecule has 0 saturated carbocycles. The third-order valence-corrected chi connectivity index (χ3v) is 4.52. The third-order valence-electron chi connectivity index (χ3n) is 4.52. The summed E-state index contributed by atoms with van der Waals surface area (Å²) in [5.74, 6) is 1.22. The molecule has 1 N–H and O–H groups in total. The van der Waals surface area contributed by atoms with Crippen molar-refractivity contribution in [3.8, 4) is 11.5 Å². The predicted molar refractivity (Wildman–Crippen MR) is 91.6 cm³/mol. The van der Waals surface area contributed by atoms with Crippen LogP contribution in [0.15, 0.2) is 18.2 Å². The van der Waals surface area contributed by atoms with E-state index in [1.807, 2.05) is 6.92 Å². The van der Waals surface area contributed by atoms with Crippen molar-refractivity contribution in [3.05, 3.63) is 18.2 Å². The molecule has 7 nitrogen and oxygen atoms in total. The zero-order valence-electron chi connectivity index (χ0n) is 14.5. The van der Waals surface area contributed by atoms with Crippen LogP contribution in [0, 0.1) is 5.92 Å². The number of hydrogen-bond acceptors (Lipinski definition) is 6. The zero-order valence-corrected chi connectivity index (χ0v) is 14.5. The van der Waals surface area contributed by atoms with E-state index in [9.17, 15) is 9.59 Å². The van der Waals surface area contributed by atoms with Crippen LogP contribution in [0.4, 0.5) is 5.69 Å². The Morgan fingerprint density at radius 2 is 2.00 bits per heavy atom. The van der Waals surface area contributed by atoms with Crippen molar-refractivity contribution in [1.29, 1.82) is 0 Å². The summed E-state index contributed by atoms with van der Waals surface area (Å²) in [5, 5.41) is 2.88. The number of rotatable bonds is 6. The van der Waals surface area contributed by atoms with Gasteiger partial charge in [-0.05, 0) is 45.0 Å². The van der Waals surface area contributed by atoms with Gasteiger partial charge in [0, 0.05) is 24.7 Å². The van der Waals surface area contributed by atoms with E-state index >= 15 is 0 Å². The molecular weight excluding hydrogens is 324 g/mol. The van der Waals surface area contributed by atoms with Crippen LogP contribution in [-0.4, -0.2) is 49.8 Å². The summed E-state index contributed by atoms with van der Waals surface area (Å²) in [7, 11) is 0. The molecule has 25 heavy (non-hydrogen) atoms. The van der Waals surface area contributed by atoms with Gasteiger partial charge in [-0.2, -0.15) is 0 Å². The van der Waals surface area contributed by atoms with Crippen LogP contribution in [0.5, 0.6) is 11.5 Å². The summed E-state index contributed by atoms with van der Waals surface area (Å²) in [5.41, 5.74) is 0.704. The lowest BCUT2D eigenvalue weighted by atomic mass is 9.97. The van der Waals surface area contributed by atoms with Crippen molar-refractivity contribution in [1.82, 2.24) is 4.90 Å². The first-order valence-corrected chi connectivity index (χ1v) is 8.74. The normalized spacial score (nSPS) is 17.3. The van der Waals surface area contributed by atoms with Gasteiger partial charge in [-0.1, -0.05) is 0 Å². The third kappa shape index (κ3) is 4.63. The van der Waals surface area contributed by atoms with Crippen molar-refractivity contribution >= 4 is 17.6 Å². The highest BCUT2D eigenvalue weighted by atomic mass is 16.7. The van der Waals surface area contributed by atoms with Gasteiger partial charge in [0.05, 0.1) is 12.5 Å². The molecule has 2 heterocycles. The van der Waals surface area contributed by atoms with Gasteiger partial charge in [0.15, 0.2) is 11.5 Å². The standard InChI is InChI=1S/C18H24N2O5/c1-2-23-18(22)13-5-8-20(9-6-13)10-7-17(21)19-14-3-4-15-16(11-14)25-12-24-15/h3-4,11,13H,2,5-10,12H2,1H3,(H,19,21). The molecule has 0 unspecified atom stereocenters. The fourth-order valence-corrected chi connectivity index (χ4v) is 3.11. The molecule has 1 saturated heterocycles. The first-order valence-electron chi connectivity index (χ1n) is 8.74. The second-order valence-electron chi connectivity index (χ2n) is 6.23. The number of carbonyl (C=O) groups is 2. The Hall–Kier alpha value is -2.28. The average molecular weight is 348 g/mol. The summed E-state index contributed by atoms with van der Waals surface area (Å²) >= 11 is 0. The fraction of sp³-hybridized carbons (Fsp3) is 0.556. The second-order valence-corrected chi connectivity index (χ2v) is 6.23. The summed E-state index contributed by atoms with van der Waals surface area (Å²) in [6.07, 6.45) is 2.00. The molecule has 0 spiro atoms. The molecule has 3 rings (SSSR count). The largest absolute Gasteiger partial charge is 0.466 e. The predicted octanol–water partition coefficient (Wildman–Crippen LogP) is 2.02. The maximum absolute atomic E-state index is 12.1. The number of benzene rings is 1. The molecular formula is C18H24N2O5. The van der Waals surface area contributed by atoms with Crippen LogP contribution in [0.1, 0.15) is 26.2 Å². The summed E-state index contributed by atoms with van der Waals surface area (Å²) in [6, 6.07) is 5.36. The van der Waals surface area contributed by atoms with Crippen LogP contribution >= 0.6 is 0 Å². The van der Waals surface area contributed by atoms with E-state index in [1.54, 1.807) is 18.2 Å². The maximum Gasteiger partial charge on any atom is 0.309 e. The number of nitrogens with one attached hydrogen (secondary N) is 1. The van der Waals surface area contributed by atoms with Gasteiger partial charge in [0.2, 0.25) is 12.7 Å². The number of nitrogens with zero attached hydrogens (tertiary/aromatic N) is 1. The molecule has 1 aromatic rings. The van der Waals surface area contributed by atoms with E-state index in [0.29, 0.717) is 36.8 Å². The minimum atomic E-state index is -0.0947. The zero-order chi connectivity index (χ0) is 17.6. The highest BCUT2D eigenvalue weighted by Gasteiger charge is 2.26. The van der Waals surface area contributed by atoms with Crippen molar-refractivity contribution in [2.24, 2.45) is 5.92 Å². The minimum absolute atomic E-state index is 0.00124. The summed E-state index contributed by atoms with van der Waals surface area (Å²) in [6.45, 7) is 4.80. The van der Waals surface area contributed by atoms with Crippen molar-refractivity contribution in [2.45, 2.75) is 26.2 Å². The molecule has 1 fully saturated rings. The number of piperidine rings is 1. The highest BCUT2D eigenvalue weighted by molar-refractivity contribution is 5.91. The quantitative estimate of drug-likeness (QED) is 0.793. The van der Waals surface area contributed by atoms with Gasteiger partial charge in [-0.3, -0.25) is 9.59 Å². The van der Waals surface area contributed by atoms with E-state index in [0.717, 1.165) is 25.9 Å². The first kappa shape index (κ1) is 17.5. The summed E-state index contributed by atoms with van der Waals surface area (Å²) in [4.78, 5) is 26.1. The number of ether oxygens (including phenoxy) is 3. The van der Waals surface area contributed by atoms with Gasteiger partial charge in [0.1, 0.15) is 0 Å². The number of fused-ring (bicyclic) bond motifs is 1. The molecule has 1 amide bonds. The molecule has 0 atom stereocenters. The fourth-order valence-electron chi connectivity index (χ4n) is 3.11. The first-order chi connectivity index (χ1) is 12.2. The van der Waals surface area contributed by atoms with E-state index in [1.165, 1.54) is 0 Å². The number of hydrogen-bond donors (Lipinski definition) is 1. The molecule has 0 aromatic heterocycles. The Morgan fingerprint density at radius 3 is 2.76 bits per heavy atom. The molecule has 7 heteroatoms. The van der Waals surface area contributed by atoms with Crippen molar-refractivity contribution in [3.63, 3.8) is 0 Å². The number of likely N-dealkylation sites (tertiary alicyclic amines) is 1. The second kappa shape index (κ2) is 8.20. The van der Waals surface area contributed by atoms with Crippen LogP contribution in [0.25, 0.3) is 0 Å². The highest BCUT2D eigenvalue weighted by Crippen LogP contribution is 2.34. The van der Waals surface area contributed by atoms with Crippen LogP contribution in [0.3, 0.4) is 0 Å². The van der Waals surface area contributed by atoms with Gasteiger partial charge >= 0.3 is 5.97 Å². The van der Waals surface area contributed by atoms with Gasteiger partial charge in [0.25, 0.3) is 0 Å². The van der Waals surface area contributed by atoms with Crippen molar-refractivity contribution < 1.29 is 23.8 Å². The van der Waals surface area contributed by atoms with Gasteiger partial charge in [-0.25, -0.2) is 0 Å². The number of anilines is 1. The molecule has 0 aliphatic carbocycles. The molecule has 2 aliphatic rings. The minimum Gasteiger partial charge on any atom is -0.466 e. The Morgan fingerprint density at radius 1 is 1.24 bits per heavy atom. The smallest absolute Gasteiger partial charge is 0.309 e. The van der Waals surface area contributed by atoms with Crippen LogP contribution in [-0.2, 0) is 14.3 Å². The molecule has 1 aromatic carbocycles.